The second kappa shape index (κ2) is 5.22. The molecule has 1 heterocycles. The highest BCUT2D eigenvalue weighted by Crippen LogP contribution is 2.26. The molecular formula is C12H12N2O3S. The number of aliphatic carboxylic acids is 1. The van der Waals surface area contributed by atoms with Crippen molar-refractivity contribution in [3.63, 3.8) is 0 Å². The van der Waals surface area contributed by atoms with E-state index in [9.17, 15) is 4.79 Å². The van der Waals surface area contributed by atoms with Crippen molar-refractivity contribution in [2.24, 2.45) is 0 Å². The molecule has 1 N–H and O–H groups in total. The molecule has 2 rings (SSSR count). The van der Waals surface area contributed by atoms with Gasteiger partial charge in [-0.2, -0.15) is 0 Å². The van der Waals surface area contributed by atoms with E-state index < -0.39 is 11.2 Å². The van der Waals surface area contributed by atoms with Gasteiger partial charge in [-0.15, -0.1) is 10.2 Å². The van der Waals surface area contributed by atoms with Crippen LogP contribution < -0.4 is 0 Å². The van der Waals surface area contributed by atoms with Crippen LogP contribution in [0.5, 0.6) is 0 Å². The molecular weight excluding hydrogens is 252 g/mol. The molecule has 1 aromatic heterocycles. The minimum absolute atomic E-state index is 0.265. The average Bonchev–Trinajstić information content (AvgIpc) is 2.77. The van der Waals surface area contributed by atoms with E-state index in [1.54, 1.807) is 6.92 Å². The summed E-state index contributed by atoms with van der Waals surface area (Å²) < 4.78 is 5.42. The van der Waals surface area contributed by atoms with E-state index in [0.29, 0.717) is 5.89 Å². The van der Waals surface area contributed by atoms with Gasteiger partial charge in [-0.3, -0.25) is 4.79 Å². The standard InChI is InChI=1S/C12H12N2O3S/c1-7-4-3-5-9(6-7)10-13-14-12(17-10)18-8(2)11(15)16/h3-6,8H,1-2H3,(H,15,16)/t8-/m0/s1. The number of hydrogen-bond acceptors (Lipinski definition) is 5. The van der Waals surface area contributed by atoms with Gasteiger partial charge in [0.1, 0.15) is 5.25 Å². The zero-order chi connectivity index (χ0) is 13.1. The lowest BCUT2D eigenvalue weighted by Gasteiger charge is -2.00. The summed E-state index contributed by atoms with van der Waals surface area (Å²) in [5, 5.41) is 16.2. The molecule has 5 nitrogen and oxygen atoms in total. The van der Waals surface area contributed by atoms with Crippen LogP contribution in [0.3, 0.4) is 0 Å². The predicted molar refractivity (Wildman–Crippen MR) is 67.4 cm³/mol. The summed E-state index contributed by atoms with van der Waals surface area (Å²) in [6.45, 7) is 3.55. The van der Waals surface area contributed by atoms with Crippen LogP contribution in [0, 0.1) is 6.92 Å². The summed E-state index contributed by atoms with van der Waals surface area (Å²) in [6.07, 6.45) is 0. The zero-order valence-corrected chi connectivity index (χ0v) is 10.8. The SMILES string of the molecule is Cc1cccc(-c2nnc(S[C@@H](C)C(=O)O)o2)c1. The highest BCUT2D eigenvalue weighted by Gasteiger charge is 2.17. The molecule has 0 amide bonds. The van der Waals surface area contributed by atoms with Gasteiger partial charge in [0.15, 0.2) is 0 Å². The molecule has 6 heteroatoms. The van der Waals surface area contributed by atoms with Crippen LogP contribution in [0.15, 0.2) is 33.9 Å². The number of benzene rings is 1. The van der Waals surface area contributed by atoms with Crippen LogP contribution in [-0.4, -0.2) is 26.5 Å². The van der Waals surface area contributed by atoms with E-state index in [0.717, 1.165) is 22.9 Å². The Kier molecular flexibility index (Phi) is 3.66. The molecule has 0 fully saturated rings. The summed E-state index contributed by atoms with van der Waals surface area (Å²) in [6, 6.07) is 7.68. The Labute approximate surface area is 108 Å². The first-order valence-electron chi connectivity index (χ1n) is 5.36. The van der Waals surface area contributed by atoms with Gasteiger partial charge in [0.05, 0.1) is 0 Å². The smallest absolute Gasteiger partial charge is 0.316 e. The minimum atomic E-state index is -0.907. The van der Waals surface area contributed by atoms with Crippen LogP contribution in [0.4, 0.5) is 0 Å². The van der Waals surface area contributed by atoms with Gasteiger partial charge >= 0.3 is 5.97 Å². The van der Waals surface area contributed by atoms with Crippen molar-refractivity contribution < 1.29 is 14.3 Å². The monoisotopic (exact) mass is 264 g/mol. The lowest BCUT2D eigenvalue weighted by Crippen LogP contribution is -2.10. The molecule has 1 aromatic carbocycles. The van der Waals surface area contributed by atoms with E-state index in [4.69, 9.17) is 9.52 Å². The Morgan fingerprint density at radius 3 is 2.89 bits per heavy atom. The lowest BCUT2D eigenvalue weighted by atomic mass is 10.1. The van der Waals surface area contributed by atoms with Gasteiger partial charge in [-0.05, 0) is 26.0 Å². The van der Waals surface area contributed by atoms with E-state index in [-0.39, 0.29) is 5.22 Å². The first kappa shape index (κ1) is 12.6. The number of thioether (sulfide) groups is 1. The van der Waals surface area contributed by atoms with Gasteiger partial charge in [0.2, 0.25) is 5.89 Å². The summed E-state index contributed by atoms with van der Waals surface area (Å²) in [7, 11) is 0. The lowest BCUT2D eigenvalue weighted by molar-refractivity contribution is -0.136. The molecule has 0 spiro atoms. The maximum atomic E-state index is 10.7. The van der Waals surface area contributed by atoms with E-state index in [1.807, 2.05) is 31.2 Å². The van der Waals surface area contributed by atoms with Gasteiger partial charge in [0.25, 0.3) is 5.22 Å². The minimum Gasteiger partial charge on any atom is -0.480 e. The van der Waals surface area contributed by atoms with Crippen molar-refractivity contribution in [3.05, 3.63) is 29.8 Å². The quantitative estimate of drug-likeness (QED) is 0.855. The number of carboxylic acid groups (broad SMARTS) is 1. The molecule has 0 radical (unpaired) electrons. The third kappa shape index (κ3) is 2.89. The van der Waals surface area contributed by atoms with E-state index >= 15 is 0 Å². The molecule has 1 atom stereocenters. The first-order valence-corrected chi connectivity index (χ1v) is 6.24. The number of aryl methyl sites for hydroxylation is 1. The van der Waals surface area contributed by atoms with E-state index in [1.165, 1.54) is 0 Å². The Morgan fingerprint density at radius 1 is 1.44 bits per heavy atom. The molecule has 2 aromatic rings. The number of carbonyl (C=O) groups is 1. The van der Waals surface area contributed by atoms with Gasteiger partial charge in [-0.1, -0.05) is 29.5 Å². The van der Waals surface area contributed by atoms with Crippen LogP contribution in [0.2, 0.25) is 0 Å². The first-order chi connectivity index (χ1) is 8.56. The highest BCUT2D eigenvalue weighted by atomic mass is 32.2. The third-order valence-corrected chi connectivity index (χ3v) is 3.22. The Hall–Kier alpha value is -1.82. The van der Waals surface area contributed by atoms with Gasteiger partial charge < -0.3 is 9.52 Å². The number of rotatable bonds is 4. The van der Waals surface area contributed by atoms with Gasteiger partial charge in [0, 0.05) is 5.56 Å². The topological polar surface area (TPSA) is 76.2 Å². The van der Waals surface area contributed by atoms with Crippen molar-refractivity contribution in [1.82, 2.24) is 10.2 Å². The molecule has 94 valence electrons. The maximum absolute atomic E-state index is 10.7. The molecule has 0 saturated heterocycles. The predicted octanol–water partition coefficient (Wildman–Crippen LogP) is 2.61. The maximum Gasteiger partial charge on any atom is 0.316 e. The number of nitrogens with zero attached hydrogens (tertiary/aromatic N) is 2. The fraction of sp³-hybridized carbons (Fsp3) is 0.250. The highest BCUT2D eigenvalue weighted by molar-refractivity contribution is 8.00. The van der Waals surface area contributed by atoms with Crippen molar-refractivity contribution in [3.8, 4) is 11.5 Å². The third-order valence-electron chi connectivity index (χ3n) is 2.30. The van der Waals surface area contributed by atoms with Gasteiger partial charge in [-0.25, -0.2) is 0 Å². The largest absolute Gasteiger partial charge is 0.480 e. The fourth-order valence-electron chi connectivity index (χ4n) is 1.35. The molecule has 0 aliphatic rings. The summed E-state index contributed by atoms with van der Waals surface area (Å²) in [4.78, 5) is 10.7. The molecule has 0 bridgehead atoms. The summed E-state index contributed by atoms with van der Waals surface area (Å²) >= 11 is 1.03. The van der Waals surface area contributed by atoms with Crippen LogP contribution in [0.25, 0.3) is 11.5 Å². The van der Waals surface area contributed by atoms with Crippen molar-refractivity contribution in [1.29, 1.82) is 0 Å². The molecule has 0 aliphatic heterocycles. The molecule has 0 saturated carbocycles. The van der Waals surface area contributed by atoms with Crippen LogP contribution in [0.1, 0.15) is 12.5 Å². The Balaban J connectivity index is 2.18. The van der Waals surface area contributed by atoms with Crippen molar-refractivity contribution in [2.75, 3.05) is 0 Å². The average molecular weight is 264 g/mol. The van der Waals surface area contributed by atoms with E-state index in [2.05, 4.69) is 10.2 Å². The summed E-state index contributed by atoms with van der Waals surface area (Å²) in [5.74, 6) is -0.505. The Bertz CT molecular complexity index is 568. The molecule has 0 unspecified atom stereocenters. The normalized spacial score (nSPS) is 12.3. The second-order valence-electron chi connectivity index (χ2n) is 3.84. The molecule has 0 aliphatic carbocycles. The van der Waals surface area contributed by atoms with Crippen LogP contribution >= 0.6 is 11.8 Å². The summed E-state index contributed by atoms with van der Waals surface area (Å²) in [5.41, 5.74) is 1.93. The zero-order valence-electron chi connectivity index (χ0n) is 9.95. The fourth-order valence-corrected chi connectivity index (χ4v) is 1.97. The van der Waals surface area contributed by atoms with Crippen molar-refractivity contribution in [2.45, 2.75) is 24.3 Å². The van der Waals surface area contributed by atoms with Crippen molar-refractivity contribution >= 4 is 17.7 Å². The van der Waals surface area contributed by atoms with Crippen LogP contribution in [-0.2, 0) is 4.79 Å². The Morgan fingerprint density at radius 2 is 2.22 bits per heavy atom. The number of aromatic nitrogens is 2. The number of carboxylic acids is 1. The molecule has 18 heavy (non-hydrogen) atoms. The second-order valence-corrected chi connectivity index (χ2v) is 5.13. The number of hydrogen-bond donors (Lipinski definition) is 1.